The van der Waals surface area contributed by atoms with Crippen LogP contribution in [0.25, 0.3) is 0 Å². The summed E-state index contributed by atoms with van der Waals surface area (Å²) in [4.78, 5) is 11.6. The fraction of sp³-hybridized carbons (Fsp3) is 0.533. The van der Waals surface area contributed by atoms with Gasteiger partial charge in [-0.3, -0.25) is 4.79 Å². The summed E-state index contributed by atoms with van der Waals surface area (Å²) in [5, 5.41) is 6.11. The maximum absolute atomic E-state index is 11.6. The maximum Gasteiger partial charge on any atom is 0.221 e. The minimum atomic E-state index is 0.0729. The first kappa shape index (κ1) is 14.5. The fourth-order valence-electron chi connectivity index (χ4n) is 1.88. The molecule has 0 aliphatic carbocycles. The molecule has 1 aliphatic rings. The molecule has 0 bridgehead atoms. The van der Waals surface area contributed by atoms with Crippen molar-refractivity contribution in [2.75, 3.05) is 31.6 Å². The summed E-state index contributed by atoms with van der Waals surface area (Å²) in [6, 6.07) is 5.72. The van der Waals surface area contributed by atoms with Crippen molar-refractivity contribution in [3.8, 4) is 11.5 Å². The van der Waals surface area contributed by atoms with Gasteiger partial charge in [0.25, 0.3) is 0 Å². The van der Waals surface area contributed by atoms with E-state index in [0.717, 1.165) is 23.7 Å². The average molecular weight is 278 g/mol. The third-order valence-electron chi connectivity index (χ3n) is 2.93. The second-order valence-electron chi connectivity index (χ2n) is 5.23. The Morgan fingerprint density at radius 1 is 1.25 bits per heavy atom. The van der Waals surface area contributed by atoms with Gasteiger partial charge in [-0.2, -0.15) is 0 Å². The van der Waals surface area contributed by atoms with E-state index < -0.39 is 0 Å². The van der Waals surface area contributed by atoms with E-state index in [1.807, 2.05) is 18.2 Å². The zero-order valence-corrected chi connectivity index (χ0v) is 12.1. The second kappa shape index (κ2) is 7.03. The van der Waals surface area contributed by atoms with Crippen molar-refractivity contribution in [1.29, 1.82) is 0 Å². The van der Waals surface area contributed by atoms with Crippen LogP contribution in [0.1, 0.15) is 20.3 Å². The highest BCUT2D eigenvalue weighted by Gasteiger charge is 2.11. The van der Waals surface area contributed by atoms with Crippen LogP contribution in [0.3, 0.4) is 0 Å². The molecule has 20 heavy (non-hydrogen) atoms. The first-order valence-electron chi connectivity index (χ1n) is 7.05. The van der Waals surface area contributed by atoms with E-state index in [9.17, 15) is 4.79 Å². The number of carbonyl (C=O) groups excluding carboxylic acids is 1. The molecule has 5 nitrogen and oxygen atoms in total. The van der Waals surface area contributed by atoms with Crippen LogP contribution >= 0.6 is 0 Å². The number of benzene rings is 1. The van der Waals surface area contributed by atoms with Crippen molar-refractivity contribution < 1.29 is 14.3 Å². The third-order valence-corrected chi connectivity index (χ3v) is 2.93. The van der Waals surface area contributed by atoms with Gasteiger partial charge >= 0.3 is 0 Å². The summed E-state index contributed by atoms with van der Waals surface area (Å²) >= 11 is 0. The zero-order valence-electron chi connectivity index (χ0n) is 12.1. The van der Waals surface area contributed by atoms with Crippen molar-refractivity contribution in [3.05, 3.63) is 18.2 Å². The van der Waals surface area contributed by atoms with E-state index in [1.54, 1.807) is 0 Å². The molecule has 0 saturated carbocycles. The van der Waals surface area contributed by atoms with E-state index in [2.05, 4.69) is 24.5 Å². The molecule has 110 valence electrons. The predicted octanol–water partition coefficient (Wildman–Crippen LogP) is 2.03. The molecule has 0 fully saturated rings. The lowest BCUT2D eigenvalue weighted by Gasteiger charge is -2.19. The molecule has 0 radical (unpaired) electrons. The number of ether oxygens (including phenoxy) is 2. The molecule has 0 atom stereocenters. The number of rotatable bonds is 6. The van der Waals surface area contributed by atoms with Crippen molar-refractivity contribution in [3.63, 3.8) is 0 Å². The molecule has 0 unspecified atom stereocenters. The summed E-state index contributed by atoms with van der Waals surface area (Å²) in [6.45, 7) is 6.65. The molecular formula is C15H22N2O3. The molecule has 1 aliphatic heterocycles. The first-order chi connectivity index (χ1) is 9.65. The fourth-order valence-corrected chi connectivity index (χ4v) is 1.88. The molecule has 0 saturated heterocycles. The van der Waals surface area contributed by atoms with Crippen LogP contribution in [-0.4, -0.2) is 32.2 Å². The minimum Gasteiger partial charge on any atom is -0.486 e. The topological polar surface area (TPSA) is 59.6 Å². The lowest BCUT2D eigenvalue weighted by atomic mass is 10.2. The Balaban J connectivity index is 1.75. The van der Waals surface area contributed by atoms with E-state index >= 15 is 0 Å². The van der Waals surface area contributed by atoms with E-state index in [4.69, 9.17) is 9.47 Å². The molecule has 0 spiro atoms. The summed E-state index contributed by atoms with van der Waals surface area (Å²) in [7, 11) is 0. The van der Waals surface area contributed by atoms with Gasteiger partial charge in [-0.15, -0.1) is 0 Å². The van der Waals surface area contributed by atoms with Gasteiger partial charge in [0.2, 0.25) is 5.91 Å². The first-order valence-corrected chi connectivity index (χ1v) is 7.05. The van der Waals surface area contributed by atoms with Crippen LogP contribution < -0.4 is 20.1 Å². The maximum atomic E-state index is 11.6. The van der Waals surface area contributed by atoms with Crippen LogP contribution in [0.4, 0.5) is 5.69 Å². The molecule has 1 aromatic rings. The monoisotopic (exact) mass is 278 g/mol. The highest BCUT2D eigenvalue weighted by molar-refractivity contribution is 5.76. The highest BCUT2D eigenvalue weighted by Crippen LogP contribution is 2.32. The third kappa shape index (κ3) is 4.33. The normalized spacial score (nSPS) is 13.2. The lowest BCUT2D eigenvalue weighted by molar-refractivity contribution is -0.120. The molecule has 5 heteroatoms. The Bertz CT molecular complexity index is 460. The number of hydrogen-bond donors (Lipinski definition) is 2. The summed E-state index contributed by atoms with van der Waals surface area (Å²) in [6.07, 6.45) is 0.459. The Morgan fingerprint density at radius 2 is 2.00 bits per heavy atom. The van der Waals surface area contributed by atoms with Crippen molar-refractivity contribution >= 4 is 11.6 Å². The van der Waals surface area contributed by atoms with Gasteiger partial charge in [-0.05, 0) is 18.1 Å². The van der Waals surface area contributed by atoms with Crippen molar-refractivity contribution in [2.45, 2.75) is 20.3 Å². The Hall–Kier alpha value is -1.91. The van der Waals surface area contributed by atoms with Crippen molar-refractivity contribution in [1.82, 2.24) is 5.32 Å². The minimum absolute atomic E-state index is 0.0729. The van der Waals surface area contributed by atoms with Gasteiger partial charge in [0, 0.05) is 31.3 Å². The van der Waals surface area contributed by atoms with Crippen LogP contribution in [-0.2, 0) is 4.79 Å². The van der Waals surface area contributed by atoms with E-state index in [0.29, 0.717) is 32.1 Å². The van der Waals surface area contributed by atoms with Gasteiger partial charge in [-0.25, -0.2) is 0 Å². The van der Waals surface area contributed by atoms with Gasteiger partial charge in [0.05, 0.1) is 0 Å². The smallest absolute Gasteiger partial charge is 0.221 e. The van der Waals surface area contributed by atoms with Gasteiger partial charge in [0.15, 0.2) is 11.5 Å². The van der Waals surface area contributed by atoms with Crippen LogP contribution in [0.2, 0.25) is 0 Å². The zero-order chi connectivity index (χ0) is 14.4. The number of hydrogen-bond acceptors (Lipinski definition) is 4. The standard InChI is InChI=1S/C15H22N2O3/c1-11(2)10-17-15(18)5-6-16-12-3-4-13-14(9-12)20-8-7-19-13/h3-4,9,11,16H,5-8,10H2,1-2H3,(H,17,18). The highest BCUT2D eigenvalue weighted by atomic mass is 16.6. The summed E-state index contributed by atoms with van der Waals surface area (Å²) in [5.74, 6) is 2.08. The number of fused-ring (bicyclic) bond motifs is 1. The summed E-state index contributed by atoms with van der Waals surface area (Å²) in [5.41, 5.74) is 0.936. The predicted molar refractivity (Wildman–Crippen MR) is 78.4 cm³/mol. The number of anilines is 1. The number of nitrogens with one attached hydrogen (secondary N) is 2. The van der Waals surface area contributed by atoms with Crippen LogP contribution in [0, 0.1) is 5.92 Å². The molecule has 0 aromatic heterocycles. The molecule has 1 heterocycles. The van der Waals surface area contributed by atoms with Crippen LogP contribution in [0.15, 0.2) is 18.2 Å². The Labute approximate surface area is 119 Å². The van der Waals surface area contributed by atoms with Crippen molar-refractivity contribution in [2.24, 2.45) is 5.92 Å². The van der Waals surface area contributed by atoms with Gasteiger partial charge in [-0.1, -0.05) is 13.8 Å². The molecule has 2 N–H and O–H groups in total. The Morgan fingerprint density at radius 3 is 2.75 bits per heavy atom. The van der Waals surface area contributed by atoms with E-state index in [1.165, 1.54) is 0 Å². The largest absolute Gasteiger partial charge is 0.486 e. The molecule has 1 amide bonds. The SMILES string of the molecule is CC(C)CNC(=O)CCNc1ccc2c(c1)OCCO2. The van der Waals surface area contributed by atoms with Gasteiger partial charge < -0.3 is 20.1 Å². The summed E-state index contributed by atoms with van der Waals surface area (Å²) < 4.78 is 11.0. The number of amides is 1. The molecular weight excluding hydrogens is 256 g/mol. The number of carbonyl (C=O) groups is 1. The molecule has 1 aromatic carbocycles. The lowest BCUT2D eigenvalue weighted by Crippen LogP contribution is -2.28. The van der Waals surface area contributed by atoms with E-state index in [-0.39, 0.29) is 5.91 Å². The quantitative estimate of drug-likeness (QED) is 0.836. The Kier molecular flexibility index (Phi) is 5.09. The van der Waals surface area contributed by atoms with Crippen LogP contribution in [0.5, 0.6) is 11.5 Å². The van der Waals surface area contributed by atoms with Gasteiger partial charge in [0.1, 0.15) is 13.2 Å². The second-order valence-corrected chi connectivity index (χ2v) is 5.23. The molecule has 2 rings (SSSR count). The average Bonchev–Trinajstić information content (AvgIpc) is 2.45.